The third-order valence-corrected chi connectivity index (χ3v) is 3.70. The molecule has 0 aliphatic carbocycles. The summed E-state index contributed by atoms with van der Waals surface area (Å²) < 4.78 is 0.940. The van der Waals surface area contributed by atoms with Crippen molar-refractivity contribution in [1.82, 2.24) is 0 Å². The van der Waals surface area contributed by atoms with Crippen LogP contribution in [-0.2, 0) is 0 Å². The Kier molecular flexibility index (Phi) is 3.95. The average Bonchev–Trinajstić information content (AvgIpc) is 2.30. The van der Waals surface area contributed by atoms with Crippen LogP contribution in [0.15, 0.2) is 40.9 Å². The van der Waals surface area contributed by atoms with E-state index in [4.69, 9.17) is 28.3 Å². The summed E-state index contributed by atoms with van der Waals surface area (Å²) in [6, 6.07) is 10.7. The van der Waals surface area contributed by atoms with E-state index in [9.17, 15) is 4.79 Å². The zero-order chi connectivity index (χ0) is 13.3. The van der Waals surface area contributed by atoms with Crippen LogP contribution in [0.4, 0.5) is 0 Å². The molecule has 0 aromatic heterocycles. The predicted molar refractivity (Wildman–Crippen MR) is 76.6 cm³/mol. The fraction of sp³-hybridized carbons (Fsp3) is 0. The molecule has 0 radical (unpaired) electrons. The van der Waals surface area contributed by atoms with Crippen molar-refractivity contribution in [3.8, 4) is 11.1 Å². The third-order valence-electron chi connectivity index (χ3n) is 2.46. The van der Waals surface area contributed by atoms with Crippen LogP contribution in [0.25, 0.3) is 11.1 Å². The van der Waals surface area contributed by atoms with E-state index in [0.717, 1.165) is 10.0 Å². The summed E-state index contributed by atoms with van der Waals surface area (Å²) in [6.07, 6.45) is 0. The number of hydrogen-bond donors (Lipinski definition) is 1. The molecule has 0 amide bonds. The zero-order valence-electron chi connectivity index (χ0n) is 8.95. The quantitative estimate of drug-likeness (QED) is 0.820. The average molecular weight is 346 g/mol. The van der Waals surface area contributed by atoms with Gasteiger partial charge in [-0.15, -0.1) is 0 Å². The van der Waals surface area contributed by atoms with E-state index in [1.807, 2.05) is 24.3 Å². The summed E-state index contributed by atoms with van der Waals surface area (Å²) in [4.78, 5) is 11.1. The van der Waals surface area contributed by atoms with Gasteiger partial charge >= 0.3 is 5.97 Å². The Balaban J connectivity index is 2.62. The second kappa shape index (κ2) is 5.31. The highest BCUT2D eigenvalue weighted by molar-refractivity contribution is 9.10. The van der Waals surface area contributed by atoms with Crippen LogP contribution in [0.1, 0.15) is 10.4 Å². The van der Waals surface area contributed by atoms with E-state index in [1.54, 1.807) is 6.07 Å². The minimum atomic E-state index is -1.14. The number of hydrogen-bond acceptors (Lipinski definition) is 1. The summed E-state index contributed by atoms with van der Waals surface area (Å²) in [5.74, 6) is -1.14. The molecule has 0 saturated carbocycles. The molecule has 0 fully saturated rings. The van der Waals surface area contributed by atoms with Gasteiger partial charge in [0, 0.05) is 10.0 Å². The molecular formula is C13H7BrCl2O2. The fourth-order valence-electron chi connectivity index (χ4n) is 1.60. The van der Waals surface area contributed by atoms with Gasteiger partial charge in [-0.3, -0.25) is 0 Å². The Bertz CT molecular complexity index is 609. The van der Waals surface area contributed by atoms with Gasteiger partial charge in [-0.1, -0.05) is 57.3 Å². The molecule has 0 aliphatic rings. The van der Waals surface area contributed by atoms with Crippen molar-refractivity contribution in [2.75, 3.05) is 0 Å². The third kappa shape index (κ3) is 2.53. The van der Waals surface area contributed by atoms with Crippen LogP contribution in [0.3, 0.4) is 0 Å². The second-order valence-corrected chi connectivity index (χ2v) is 5.30. The van der Waals surface area contributed by atoms with Crippen molar-refractivity contribution >= 4 is 45.1 Å². The molecule has 0 unspecified atom stereocenters. The number of carboxylic acids is 1. The van der Waals surface area contributed by atoms with Gasteiger partial charge in [0.2, 0.25) is 0 Å². The molecule has 2 nitrogen and oxygen atoms in total. The minimum absolute atomic E-state index is 0.0706. The molecular weight excluding hydrogens is 339 g/mol. The van der Waals surface area contributed by atoms with Crippen LogP contribution in [0.2, 0.25) is 10.0 Å². The Labute approximate surface area is 122 Å². The Morgan fingerprint density at radius 1 is 1.06 bits per heavy atom. The molecule has 2 aromatic carbocycles. The van der Waals surface area contributed by atoms with Crippen molar-refractivity contribution in [1.29, 1.82) is 0 Å². The van der Waals surface area contributed by atoms with Crippen molar-refractivity contribution < 1.29 is 9.90 Å². The normalized spacial score (nSPS) is 10.4. The molecule has 18 heavy (non-hydrogen) atoms. The lowest BCUT2D eigenvalue weighted by molar-refractivity contribution is 0.0697. The second-order valence-electron chi connectivity index (χ2n) is 3.60. The summed E-state index contributed by atoms with van der Waals surface area (Å²) >= 11 is 15.3. The SMILES string of the molecule is O=C(O)c1c(Cl)ccc(-c2ccc(Br)cc2)c1Cl. The highest BCUT2D eigenvalue weighted by Crippen LogP contribution is 2.35. The first-order valence-corrected chi connectivity index (χ1v) is 6.53. The molecule has 0 saturated heterocycles. The van der Waals surface area contributed by atoms with Gasteiger partial charge in [0.25, 0.3) is 0 Å². The smallest absolute Gasteiger partial charge is 0.338 e. The summed E-state index contributed by atoms with van der Waals surface area (Å²) in [5.41, 5.74) is 1.41. The number of aromatic carboxylic acids is 1. The van der Waals surface area contributed by atoms with Crippen LogP contribution in [0, 0.1) is 0 Å². The van der Waals surface area contributed by atoms with Crippen LogP contribution < -0.4 is 0 Å². The number of benzene rings is 2. The maximum atomic E-state index is 11.1. The molecule has 5 heteroatoms. The molecule has 2 rings (SSSR count). The van der Waals surface area contributed by atoms with E-state index in [0.29, 0.717) is 5.56 Å². The van der Waals surface area contributed by atoms with E-state index < -0.39 is 5.97 Å². The topological polar surface area (TPSA) is 37.3 Å². The molecule has 0 aliphatic heterocycles. The van der Waals surface area contributed by atoms with Crippen molar-refractivity contribution in [2.24, 2.45) is 0 Å². The number of carboxylic acid groups (broad SMARTS) is 1. The first kappa shape index (κ1) is 13.4. The van der Waals surface area contributed by atoms with Gasteiger partial charge in [0.1, 0.15) is 0 Å². The lowest BCUT2D eigenvalue weighted by Crippen LogP contribution is -1.99. The molecule has 0 spiro atoms. The van der Waals surface area contributed by atoms with E-state index in [-0.39, 0.29) is 15.6 Å². The van der Waals surface area contributed by atoms with Crippen LogP contribution >= 0.6 is 39.1 Å². The highest BCUT2D eigenvalue weighted by atomic mass is 79.9. The highest BCUT2D eigenvalue weighted by Gasteiger charge is 2.17. The number of carbonyl (C=O) groups is 1. The largest absolute Gasteiger partial charge is 0.478 e. The molecule has 0 atom stereocenters. The maximum Gasteiger partial charge on any atom is 0.338 e. The minimum Gasteiger partial charge on any atom is -0.478 e. The molecule has 2 aromatic rings. The van der Waals surface area contributed by atoms with Gasteiger partial charge in [-0.2, -0.15) is 0 Å². The lowest BCUT2D eigenvalue weighted by Gasteiger charge is -2.09. The lowest BCUT2D eigenvalue weighted by atomic mass is 10.0. The summed E-state index contributed by atoms with van der Waals surface area (Å²) in [5, 5.41) is 9.37. The molecule has 0 bridgehead atoms. The van der Waals surface area contributed by atoms with Crippen molar-refractivity contribution in [2.45, 2.75) is 0 Å². The van der Waals surface area contributed by atoms with E-state index in [2.05, 4.69) is 15.9 Å². The Morgan fingerprint density at radius 3 is 2.22 bits per heavy atom. The van der Waals surface area contributed by atoms with Gasteiger partial charge in [0.15, 0.2) is 0 Å². The molecule has 0 heterocycles. The van der Waals surface area contributed by atoms with Gasteiger partial charge in [-0.25, -0.2) is 4.79 Å². The summed E-state index contributed by atoms with van der Waals surface area (Å²) in [7, 11) is 0. The standard InChI is InChI=1S/C13H7BrCl2O2/c14-8-3-1-7(2-4-8)9-5-6-10(15)11(12(9)16)13(17)18/h1-6H,(H,17,18). The van der Waals surface area contributed by atoms with E-state index in [1.165, 1.54) is 6.07 Å². The Hall–Kier alpha value is -1.03. The predicted octanol–water partition coefficient (Wildman–Crippen LogP) is 5.12. The fourth-order valence-corrected chi connectivity index (χ4v) is 2.51. The molecule has 92 valence electrons. The van der Waals surface area contributed by atoms with Gasteiger partial charge in [-0.05, 0) is 23.8 Å². The number of halogens is 3. The van der Waals surface area contributed by atoms with Gasteiger partial charge < -0.3 is 5.11 Å². The zero-order valence-corrected chi connectivity index (χ0v) is 12.1. The first-order valence-electron chi connectivity index (χ1n) is 4.98. The monoisotopic (exact) mass is 344 g/mol. The maximum absolute atomic E-state index is 11.1. The van der Waals surface area contributed by atoms with Crippen molar-refractivity contribution in [3.05, 3.63) is 56.5 Å². The van der Waals surface area contributed by atoms with Crippen molar-refractivity contribution in [3.63, 3.8) is 0 Å². The Morgan fingerprint density at radius 2 is 1.67 bits per heavy atom. The summed E-state index contributed by atoms with van der Waals surface area (Å²) in [6.45, 7) is 0. The van der Waals surface area contributed by atoms with Crippen LogP contribution in [0.5, 0.6) is 0 Å². The molecule has 1 N–H and O–H groups in total. The van der Waals surface area contributed by atoms with E-state index >= 15 is 0 Å². The number of rotatable bonds is 2. The van der Waals surface area contributed by atoms with Crippen LogP contribution in [-0.4, -0.2) is 11.1 Å². The first-order chi connectivity index (χ1) is 8.50. The van der Waals surface area contributed by atoms with Gasteiger partial charge in [0.05, 0.1) is 15.6 Å².